The van der Waals surface area contributed by atoms with Crippen molar-refractivity contribution < 1.29 is 4.39 Å². The molecule has 0 amide bonds. The van der Waals surface area contributed by atoms with Gasteiger partial charge in [-0.05, 0) is 81.1 Å². The van der Waals surface area contributed by atoms with Crippen molar-refractivity contribution in [2.45, 2.75) is 71.1 Å². The summed E-state index contributed by atoms with van der Waals surface area (Å²) < 4.78 is 13.0. The third kappa shape index (κ3) is 5.59. The first kappa shape index (κ1) is 17.3. The normalized spacial score (nSPS) is 33.8. The maximum Gasteiger partial charge on any atom is 0.196 e. The van der Waals surface area contributed by atoms with E-state index in [0.717, 1.165) is 37.5 Å². The summed E-state index contributed by atoms with van der Waals surface area (Å²) >= 11 is 0. The molecule has 0 aliphatic heterocycles. The molecule has 2 heteroatoms. The molecule has 2 saturated carbocycles. The number of hydrogen-bond acceptors (Lipinski definition) is 1. The summed E-state index contributed by atoms with van der Waals surface area (Å²) in [5, 5.41) is 8.49. The first-order valence-corrected chi connectivity index (χ1v) is 9.17. The van der Waals surface area contributed by atoms with Crippen LogP contribution in [0, 0.1) is 35.0 Å². The Bertz CT molecular complexity index is 415. The first-order valence-electron chi connectivity index (χ1n) is 9.17. The van der Waals surface area contributed by atoms with Gasteiger partial charge in [0.1, 0.15) is 6.07 Å². The van der Waals surface area contributed by atoms with E-state index in [4.69, 9.17) is 5.26 Å². The van der Waals surface area contributed by atoms with Gasteiger partial charge in [0.05, 0.1) is 0 Å². The van der Waals surface area contributed by atoms with Crippen molar-refractivity contribution in [1.29, 1.82) is 5.26 Å². The van der Waals surface area contributed by atoms with Crippen molar-refractivity contribution in [3.05, 3.63) is 24.1 Å². The Morgan fingerprint density at radius 1 is 0.955 bits per heavy atom. The van der Waals surface area contributed by atoms with Crippen LogP contribution in [-0.4, -0.2) is 0 Å². The smallest absolute Gasteiger partial charge is 0.195 e. The van der Waals surface area contributed by atoms with Crippen molar-refractivity contribution >= 4 is 0 Å². The molecule has 0 atom stereocenters. The van der Waals surface area contributed by atoms with Crippen LogP contribution >= 0.6 is 0 Å². The van der Waals surface area contributed by atoms with Gasteiger partial charge in [0, 0.05) is 0 Å². The predicted octanol–water partition coefficient (Wildman–Crippen LogP) is 6.33. The summed E-state index contributed by atoms with van der Waals surface area (Å²) in [6, 6.07) is 1.58. The highest BCUT2D eigenvalue weighted by Gasteiger charge is 2.21. The van der Waals surface area contributed by atoms with Gasteiger partial charge in [-0.1, -0.05) is 31.9 Å². The number of hydrogen-bond donors (Lipinski definition) is 0. The van der Waals surface area contributed by atoms with E-state index in [1.54, 1.807) is 6.07 Å². The van der Waals surface area contributed by atoms with Gasteiger partial charge in [-0.25, -0.2) is 0 Å². The van der Waals surface area contributed by atoms with E-state index in [-0.39, 0.29) is 5.92 Å². The Kier molecular flexibility index (Phi) is 7.16. The molecule has 0 aromatic heterocycles. The van der Waals surface area contributed by atoms with Gasteiger partial charge < -0.3 is 0 Å². The lowest BCUT2D eigenvalue weighted by molar-refractivity contribution is 0.292. The molecule has 0 radical (unpaired) electrons. The van der Waals surface area contributed by atoms with Crippen molar-refractivity contribution in [3.8, 4) is 6.07 Å². The van der Waals surface area contributed by atoms with E-state index in [9.17, 15) is 4.39 Å². The Labute approximate surface area is 135 Å². The fraction of sp³-hybridized carbons (Fsp3) is 0.750. The maximum absolute atomic E-state index is 13.0. The topological polar surface area (TPSA) is 23.8 Å². The van der Waals surface area contributed by atoms with Crippen molar-refractivity contribution in [3.63, 3.8) is 0 Å². The van der Waals surface area contributed by atoms with Crippen molar-refractivity contribution in [2.24, 2.45) is 23.7 Å². The van der Waals surface area contributed by atoms with Crippen LogP contribution in [0.25, 0.3) is 0 Å². The fourth-order valence-electron chi connectivity index (χ4n) is 4.14. The Balaban J connectivity index is 1.69. The Morgan fingerprint density at radius 3 is 1.95 bits per heavy atom. The van der Waals surface area contributed by atoms with Crippen LogP contribution in [0.1, 0.15) is 71.1 Å². The minimum absolute atomic E-state index is 0.272. The highest BCUT2D eigenvalue weighted by Crippen LogP contribution is 2.34. The van der Waals surface area contributed by atoms with Gasteiger partial charge >= 0.3 is 0 Å². The summed E-state index contributed by atoms with van der Waals surface area (Å²) in [5.74, 6) is 2.11. The lowest BCUT2D eigenvalue weighted by Crippen LogP contribution is -2.14. The van der Waals surface area contributed by atoms with Crippen molar-refractivity contribution in [1.82, 2.24) is 0 Å². The van der Waals surface area contributed by atoms with E-state index in [1.165, 1.54) is 44.6 Å². The van der Waals surface area contributed by atoms with Gasteiger partial charge in [0.2, 0.25) is 0 Å². The first-order chi connectivity index (χ1) is 10.7. The molecule has 1 nitrogen and oxygen atoms in total. The molecule has 0 aromatic carbocycles. The molecule has 0 unspecified atom stereocenters. The second-order valence-corrected chi connectivity index (χ2v) is 7.26. The number of nitriles is 1. The van der Waals surface area contributed by atoms with Gasteiger partial charge in [-0.3, -0.25) is 0 Å². The molecule has 2 fully saturated rings. The third-order valence-corrected chi connectivity index (χ3v) is 5.55. The van der Waals surface area contributed by atoms with Crippen LogP contribution in [0.2, 0.25) is 0 Å². The average Bonchev–Trinajstić information content (AvgIpc) is 2.56. The zero-order chi connectivity index (χ0) is 15.8. The van der Waals surface area contributed by atoms with Crippen LogP contribution in [0.3, 0.4) is 0 Å². The predicted molar refractivity (Wildman–Crippen MR) is 89.7 cm³/mol. The van der Waals surface area contributed by atoms with E-state index in [1.807, 2.05) is 0 Å². The van der Waals surface area contributed by atoms with Crippen molar-refractivity contribution in [2.75, 3.05) is 0 Å². The Hall–Kier alpha value is -1.10. The van der Waals surface area contributed by atoms with Crippen LogP contribution in [0.4, 0.5) is 4.39 Å². The van der Waals surface area contributed by atoms with E-state index in [0.29, 0.717) is 5.92 Å². The summed E-state index contributed by atoms with van der Waals surface area (Å²) in [6.45, 7) is 2.29. The minimum atomic E-state index is -0.608. The average molecular weight is 303 g/mol. The largest absolute Gasteiger partial charge is 0.196 e. The van der Waals surface area contributed by atoms with E-state index < -0.39 is 5.83 Å². The SMILES string of the molecule is CCC[C@H]1CC[C@H](/C=C/C2CCC(C=C(F)C#N)CC2)CC1. The molecular formula is C20H30FN. The third-order valence-electron chi connectivity index (χ3n) is 5.55. The molecule has 0 aromatic rings. The standard InChI is InChI=1S/C20H30FN/c1-2-3-16-4-6-17(7-5-16)8-9-18-10-12-19(13-11-18)14-20(21)15-22/h8-9,14,16-19H,2-7,10-13H2,1H3/b9-8+,20-14?/t16-,17-,18?,19?. The second-order valence-electron chi connectivity index (χ2n) is 7.26. The maximum atomic E-state index is 13.0. The quantitative estimate of drug-likeness (QED) is 0.430. The summed E-state index contributed by atoms with van der Waals surface area (Å²) in [4.78, 5) is 0. The zero-order valence-electron chi connectivity index (χ0n) is 13.9. The van der Waals surface area contributed by atoms with Crippen LogP contribution < -0.4 is 0 Å². The highest BCUT2D eigenvalue weighted by atomic mass is 19.1. The molecular weight excluding hydrogens is 273 g/mol. The molecule has 122 valence electrons. The van der Waals surface area contributed by atoms with Crippen LogP contribution in [-0.2, 0) is 0 Å². The molecule has 0 spiro atoms. The van der Waals surface area contributed by atoms with Gasteiger partial charge in [-0.15, -0.1) is 0 Å². The second kappa shape index (κ2) is 9.13. The number of rotatable bonds is 5. The molecule has 2 aliphatic carbocycles. The van der Waals surface area contributed by atoms with Gasteiger partial charge in [0.25, 0.3) is 0 Å². The minimum Gasteiger partial charge on any atom is -0.195 e. The summed E-state index contributed by atoms with van der Waals surface area (Å²) in [7, 11) is 0. The van der Waals surface area contributed by atoms with Crippen LogP contribution in [0.5, 0.6) is 0 Å². The Morgan fingerprint density at radius 2 is 1.45 bits per heavy atom. The molecule has 0 N–H and O–H groups in total. The van der Waals surface area contributed by atoms with Gasteiger partial charge in [0.15, 0.2) is 5.83 Å². The van der Waals surface area contributed by atoms with Gasteiger partial charge in [-0.2, -0.15) is 9.65 Å². The van der Waals surface area contributed by atoms with E-state index >= 15 is 0 Å². The summed E-state index contributed by atoms with van der Waals surface area (Å²) in [5.41, 5.74) is 0. The van der Waals surface area contributed by atoms with Crippen LogP contribution in [0.15, 0.2) is 24.1 Å². The highest BCUT2D eigenvalue weighted by molar-refractivity contribution is 5.13. The fourth-order valence-corrected chi connectivity index (χ4v) is 4.14. The molecule has 2 rings (SSSR count). The monoisotopic (exact) mass is 303 g/mol. The number of allylic oxidation sites excluding steroid dienone is 4. The lowest BCUT2D eigenvalue weighted by Gasteiger charge is -2.28. The number of nitrogens with zero attached hydrogens (tertiary/aromatic N) is 1. The molecule has 22 heavy (non-hydrogen) atoms. The molecule has 0 heterocycles. The molecule has 0 bridgehead atoms. The zero-order valence-corrected chi connectivity index (χ0v) is 13.9. The molecule has 2 aliphatic rings. The summed E-state index contributed by atoms with van der Waals surface area (Å²) in [6.07, 6.45) is 19.0. The van der Waals surface area contributed by atoms with E-state index in [2.05, 4.69) is 19.1 Å². The molecule has 0 saturated heterocycles. The number of halogens is 1. The lowest BCUT2D eigenvalue weighted by atomic mass is 9.78.